The van der Waals surface area contributed by atoms with Gasteiger partial charge in [-0.05, 0) is 36.8 Å². The number of cyclic esters (lactones) is 1. The van der Waals surface area contributed by atoms with E-state index in [9.17, 15) is 14.7 Å². The summed E-state index contributed by atoms with van der Waals surface area (Å²) in [5, 5.41) is 10.2. The molecule has 2 rings (SSSR count). The third kappa shape index (κ3) is 3.90. The smallest absolute Gasteiger partial charge is 0.306 e. The monoisotopic (exact) mass is 276 g/mol. The number of aliphatic hydroxyl groups excluding tert-OH is 1. The molecule has 108 valence electrons. The van der Waals surface area contributed by atoms with Crippen LogP contribution in [0.25, 0.3) is 0 Å². The van der Waals surface area contributed by atoms with Crippen molar-refractivity contribution in [2.24, 2.45) is 0 Å². The minimum atomic E-state index is -1.08. The van der Waals surface area contributed by atoms with E-state index >= 15 is 0 Å². The summed E-state index contributed by atoms with van der Waals surface area (Å²) in [4.78, 5) is 23.6. The van der Waals surface area contributed by atoms with Gasteiger partial charge in [0.25, 0.3) is 0 Å². The number of hydrogen-bond acceptors (Lipinski definition) is 4. The number of esters is 1. The van der Waals surface area contributed by atoms with Crippen LogP contribution < -0.4 is 0 Å². The van der Waals surface area contributed by atoms with Gasteiger partial charge in [0.1, 0.15) is 6.10 Å². The highest BCUT2D eigenvalue weighted by molar-refractivity contribution is 5.84. The van der Waals surface area contributed by atoms with Crippen LogP contribution in [0.1, 0.15) is 49.3 Å². The zero-order chi connectivity index (χ0) is 14.4. The van der Waals surface area contributed by atoms with Crippen LogP contribution in [0.3, 0.4) is 0 Å². The fraction of sp³-hybridized carbons (Fsp3) is 0.500. The van der Waals surface area contributed by atoms with Crippen LogP contribution >= 0.6 is 0 Å². The predicted octanol–water partition coefficient (Wildman–Crippen LogP) is 2.34. The Morgan fingerprint density at radius 2 is 1.80 bits per heavy atom. The Morgan fingerprint density at radius 1 is 1.00 bits per heavy atom. The van der Waals surface area contributed by atoms with E-state index in [-0.39, 0.29) is 18.2 Å². The number of Topliss-reactive ketones (excluding diaryl/α,β-unsaturated/α-hetero) is 1. The van der Waals surface area contributed by atoms with Crippen molar-refractivity contribution in [1.29, 1.82) is 0 Å². The molecule has 1 heterocycles. The number of rotatable bonds is 0. The minimum Gasteiger partial charge on any atom is -0.466 e. The highest BCUT2D eigenvalue weighted by atomic mass is 16.5. The first kappa shape index (κ1) is 14.7. The van der Waals surface area contributed by atoms with Crippen LogP contribution in [0, 0.1) is 0 Å². The van der Waals surface area contributed by atoms with E-state index in [4.69, 9.17) is 4.74 Å². The molecule has 0 amide bonds. The van der Waals surface area contributed by atoms with Crippen molar-refractivity contribution >= 4 is 11.8 Å². The molecule has 0 aromatic heterocycles. The number of carbonyl (C=O) groups is 2. The summed E-state index contributed by atoms with van der Waals surface area (Å²) in [6.45, 7) is 0.414. The molecular formula is C16H20O4. The molecule has 0 bridgehead atoms. The normalized spacial score (nSPS) is 21.9. The SMILES string of the molecule is O=C1CCc2ccccc2C(O)C(=O)CCCCCO1. The van der Waals surface area contributed by atoms with Crippen molar-refractivity contribution in [3.05, 3.63) is 35.4 Å². The minimum absolute atomic E-state index is 0.149. The lowest BCUT2D eigenvalue weighted by Gasteiger charge is -2.14. The molecule has 4 heteroatoms. The summed E-state index contributed by atoms with van der Waals surface area (Å²) in [7, 11) is 0. The van der Waals surface area contributed by atoms with Gasteiger partial charge in [-0.3, -0.25) is 9.59 Å². The third-order valence-corrected chi connectivity index (χ3v) is 3.58. The lowest BCUT2D eigenvalue weighted by molar-refractivity contribution is -0.143. The van der Waals surface area contributed by atoms with Crippen molar-refractivity contribution in [3.8, 4) is 0 Å². The van der Waals surface area contributed by atoms with Gasteiger partial charge in [0.05, 0.1) is 6.61 Å². The van der Waals surface area contributed by atoms with Gasteiger partial charge in [-0.25, -0.2) is 0 Å². The van der Waals surface area contributed by atoms with Gasteiger partial charge in [-0.1, -0.05) is 24.3 Å². The Morgan fingerprint density at radius 3 is 2.65 bits per heavy atom. The molecule has 1 atom stereocenters. The molecule has 1 aromatic rings. The Labute approximate surface area is 118 Å². The summed E-state index contributed by atoms with van der Waals surface area (Å²) in [5.41, 5.74) is 1.45. The van der Waals surface area contributed by atoms with E-state index in [2.05, 4.69) is 0 Å². The van der Waals surface area contributed by atoms with E-state index < -0.39 is 6.10 Å². The highest BCUT2D eigenvalue weighted by Crippen LogP contribution is 2.22. The Bertz CT molecular complexity index is 481. The molecule has 0 radical (unpaired) electrons. The third-order valence-electron chi connectivity index (χ3n) is 3.58. The van der Waals surface area contributed by atoms with Crippen LogP contribution in [0.2, 0.25) is 0 Å². The van der Waals surface area contributed by atoms with E-state index in [0.29, 0.717) is 25.0 Å². The maximum absolute atomic E-state index is 12.0. The van der Waals surface area contributed by atoms with Crippen molar-refractivity contribution in [2.45, 2.75) is 44.6 Å². The fourth-order valence-corrected chi connectivity index (χ4v) is 2.41. The number of benzene rings is 1. The lowest BCUT2D eigenvalue weighted by Crippen LogP contribution is -2.14. The van der Waals surface area contributed by atoms with E-state index in [1.165, 1.54) is 0 Å². The lowest BCUT2D eigenvalue weighted by atomic mass is 9.95. The van der Waals surface area contributed by atoms with Gasteiger partial charge >= 0.3 is 5.97 Å². The Kier molecular flexibility index (Phi) is 5.30. The summed E-state index contributed by atoms with van der Waals surface area (Å²) in [6, 6.07) is 7.24. The number of aliphatic hydroxyl groups is 1. The quantitative estimate of drug-likeness (QED) is 0.739. The summed E-state index contributed by atoms with van der Waals surface area (Å²) < 4.78 is 5.14. The van der Waals surface area contributed by atoms with Crippen LogP contribution in [-0.4, -0.2) is 23.5 Å². The number of fused-ring (bicyclic) bond motifs is 1. The number of hydrogen-bond donors (Lipinski definition) is 1. The molecule has 0 spiro atoms. The molecular weight excluding hydrogens is 256 g/mol. The number of ketones is 1. The van der Waals surface area contributed by atoms with Gasteiger partial charge in [-0.15, -0.1) is 0 Å². The van der Waals surface area contributed by atoms with Crippen molar-refractivity contribution in [2.75, 3.05) is 6.61 Å². The zero-order valence-corrected chi connectivity index (χ0v) is 11.5. The molecule has 0 saturated heterocycles. The van der Waals surface area contributed by atoms with Crippen LogP contribution in [-0.2, 0) is 20.7 Å². The average Bonchev–Trinajstić information content (AvgIpc) is 2.48. The van der Waals surface area contributed by atoms with Gasteiger partial charge in [0.2, 0.25) is 0 Å². The second-order valence-corrected chi connectivity index (χ2v) is 5.10. The Balaban J connectivity index is 2.20. The first-order valence-corrected chi connectivity index (χ1v) is 7.12. The molecule has 1 unspecified atom stereocenters. The fourth-order valence-electron chi connectivity index (χ4n) is 2.41. The number of carbonyl (C=O) groups excluding carboxylic acids is 2. The molecule has 0 aliphatic carbocycles. The maximum atomic E-state index is 12.0. The van der Waals surface area contributed by atoms with Crippen molar-refractivity contribution in [1.82, 2.24) is 0 Å². The van der Waals surface area contributed by atoms with E-state index in [1.54, 1.807) is 12.1 Å². The summed E-state index contributed by atoms with van der Waals surface area (Å²) in [5.74, 6) is -0.371. The number of ether oxygens (including phenoxy) is 1. The largest absolute Gasteiger partial charge is 0.466 e. The molecule has 0 saturated carbocycles. The zero-order valence-electron chi connectivity index (χ0n) is 11.5. The molecule has 1 aliphatic heterocycles. The summed E-state index contributed by atoms with van der Waals surface area (Å²) >= 11 is 0. The topological polar surface area (TPSA) is 63.6 Å². The molecule has 1 N–H and O–H groups in total. The maximum Gasteiger partial charge on any atom is 0.306 e. The molecule has 1 aromatic carbocycles. The second-order valence-electron chi connectivity index (χ2n) is 5.10. The van der Waals surface area contributed by atoms with Crippen LogP contribution in [0.4, 0.5) is 0 Å². The predicted molar refractivity (Wildman–Crippen MR) is 74.2 cm³/mol. The average molecular weight is 276 g/mol. The van der Waals surface area contributed by atoms with Crippen molar-refractivity contribution < 1.29 is 19.4 Å². The molecule has 4 nitrogen and oxygen atoms in total. The van der Waals surface area contributed by atoms with Gasteiger partial charge in [0.15, 0.2) is 5.78 Å². The van der Waals surface area contributed by atoms with Crippen molar-refractivity contribution in [3.63, 3.8) is 0 Å². The Hall–Kier alpha value is -1.68. The first-order chi connectivity index (χ1) is 9.68. The van der Waals surface area contributed by atoms with Gasteiger partial charge in [0, 0.05) is 12.8 Å². The van der Waals surface area contributed by atoms with Crippen LogP contribution in [0.5, 0.6) is 0 Å². The molecule has 0 fully saturated rings. The number of aryl methyl sites for hydroxylation is 1. The van der Waals surface area contributed by atoms with E-state index in [1.807, 2.05) is 12.1 Å². The molecule has 20 heavy (non-hydrogen) atoms. The van der Waals surface area contributed by atoms with Gasteiger partial charge < -0.3 is 9.84 Å². The van der Waals surface area contributed by atoms with E-state index in [0.717, 1.165) is 24.8 Å². The first-order valence-electron chi connectivity index (χ1n) is 7.12. The molecule has 1 aliphatic rings. The van der Waals surface area contributed by atoms with Gasteiger partial charge in [-0.2, -0.15) is 0 Å². The standard InChI is InChI=1S/C16H20O4/c17-14-8-2-1-5-11-20-15(18)10-9-12-6-3-4-7-13(12)16(14)19/h3-4,6-7,16,19H,1-2,5,8-11H2. The van der Waals surface area contributed by atoms with Crippen LogP contribution in [0.15, 0.2) is 24.3 Å². The second kappa shape index (κ2) is 7.20. The highest BCUT2D eigenvalue weighted by Gasteiger charge is 2.20. The summed E-state index contributed by atoms with van der Waals surface area (Å²) in [6.07, 6.45) is 2.36.